The Morgan fingerprint density at radius 2 is 2.25 bits per heavy atom. The minimum Gasteiger partial charge on any atom is -0.496 e. The van der Waals surface area contributed by atoms with Gasteiger partial charge in [-0.2, -0.15) is 5.26 Å². The van der Waals surface area contributed by atoms with E-state index in [1.54, 1.807) is 7.11 Å². The highest BCUT2D eigenvalue weighted by molar-refractivity contribution is 5.38. The van der Waals surface area contributed by atoms with Gasteiger partial charge in [-0.3, -0.25) is 0 Å². The van der Waals surface area contributed by atoms with E-state index in [9.17, 15) is 0 Å². The van der Waals surface area contributed by atoms with Gasteiger partial charge in [-0.05, 0) is 13.0 Å². The molecular formula is C10H11NO. The second-order valence-corrected chi connectivity index (χ2v) is 2.65. The van der Waals surface area contributed by atoms with E-state index in [-0.39, 0.29) is 0 Å². The molecule has 62 valence electrons. The van der Waals surface area contributed by atoms with Crippen LogP contribution < -0.4 is 4.74 Å². The SMILES string of the molecule is COc1ccc(C)cc1CC#N. The van der Waals surface area contributed by atoms with Gasteiger partial charge in [0.05, 0.1) is 19.6 Å². The molecule has 0 unspecified atom stereocenters. The fourth-order valence-corrected chi connectivity index (χ4v) is 1.13. The molecule has 0 bridgehead atoms. The predicted octanol–water partition coefficient (Wildman–Crippen LogP) is 2.07. The van der Waals surface area contributed by atoms with Crippen LogP contribution in [0.25, 0.3) is 0 Å². The molecule has 1 aromatic rings. The maximum atomic E-state index is 8.52. The number of aryl methyl sites for hydroxylation is 1. The van der Waals surface area contributed by atoms with Crippen LogP contribution in [0.5, 0.6) is 5.75 Å². The van der Waals surface area contributed by atoms with Gasteiger partial charge < -0.3 is 4.74 Å². The van der Waals surface area contributed by atoms with Crippen LogP contribution in [0, 0.1) is 18.3 Å². The van der Waals surface area contributed by atoms with Crippen LogP contribution in [0.15, 0.2) is 18.2 Å². The summed E-state index contributed by atoms with van der Waals surface area (Å²) in [6, 6.07) is 7.94. The number of nitrogens with zero attached hydrogens (tertiary/aromatic N) is 1. The largest absolute Gasteiger partial charge is 0.496 e. The molecule has 0 heterocycles. The van der Waals surface area contributed by atoms with Gasteiger partial charge >= 0.3 is 0 Å². The van der Waals surface area contributed by atoms with Crippen LogP contribution >= 0.6 is 0 Å². The molecule has 0 saturated heterocycles. The molecule has 0 aromatic heterocycles. The van der Waals surface area contributed by atoms with Crippen molar-refractivity contribution in [1.82, 2.24) is 0 Å². The number of methoxy groups -OCH3 is 1. The number of rotatable bonds is 2. The minimum absolute atomic E-state index is 0.408. The van der Waals surface area contributed by atoms with Crippen LogP contribution in [0.1, 0.15) is 11.1 Å². The molecule has 1 aromatic carbocycles. The molecule has 0 saturated carbocycles. The number of nitriles is 1. The van der Waals surface area contributed by atoms with E-state index in [0.717, 1.165) is 16.9 Å². The fraction of sp³-hybridized carbons (Fsp3) is 0.300. The maximum absolute atomic E-state index is 8.52. The molecule has 0 atom stereocenters. The lowest BCUT2D eigenvalue weighted by molar-refractivity contribution is 0.410. The molecule has 2 heteroatoms. The van der Waals surface area contributed by atoms with Crippen molar-refractivity contribution in [2.75, 3.05) is 7.11 Å². The van der Waals surface area contributed by atoms with Crippen molar-refractivity contribution in [3.63, 3.8) is 0 Å². The Bertz CT molecular complexity index is 312. The van der Waals surface area contributed by atoms with Crippen LogP contribution in [-0.2, 0) is 6.42 Å². The van der Waals surface area contributed by atoms with Crippen molar-refractivity contribution in [2.45, 2.75) is 13.3 Å². The first-order chi connectivity index (χ1) is 5.77. The van der Waals surface area contributed by atoms with E-state index in [1.807, 2.05) is 25.1 Å². The summed E-state index contributed by atoms with van der Waals surface area (Å²) in [7, 11) is 1.62. The van der Waals surface area contributed by atoms with E-state index in [0.29, 0.717) is 6.42 Å². The molecule has 2 nitrogen and oxygen atoms in total. The third kappa shape index (κ3) is 1.76. The van der Waals surface area contributed by atoms with E-state index in [4.69, 9.17) is 10.00 Å². The first-order valence-electron chi connectivity index (χ1n) is 3.78. The highest BCUT2D eigenvalue weighted by Gasteiger charge is 2.01. The molecule has 0 aliphatic carbocycles. The van der Waals surface area contributed by atoms with E-state index < -0.39 is 0 Å². The van der Waals surface area contributed by atoms with Crippen LogP contribution in [0.4, 0.5) is 0 Å². The zero-order valence-electron chi connectivity index (χ0n) is 7.29. The first kappa shape index (κ1) is 8.61. The summed E-state index contributed by atoms with van der Waals surface area (Å²) in [4.78, 5) is 0. The normalized spacial score (nSPS) is 9.08. The zero-order valence-corrected chi connectivity index (χ0v) is 7.29. The van der Waals surface area contributed by atoms with E-state index >= 15 is 0 Å². The monoisotopic (exact) mass is 161 g/mol. The highest BCUT2D eigenvalue weighted by atomic mass is 16.5. The Labute approximate surface area is 72.4 Å². The molecule has 0 aliphatic heterocycles. The van der Waals surface area contributed by atoms with Gasteiger partial charge in [-0.1, -0.05) is 17.7 Å². The summed E-state index contributed by atoms with van der Waals surface area (Å²) in [5, 5.41) is 8.52. The highest BCUT2D eigenvalue weighted by Crippen LogP contribution is 2.19. The number of benzene rings is 1. The van der Waals surface area contributed by atoms with Crippen molar-refractivity contribution in [1.29, 1.82) is 5.26 Å². The third-order valence-electron chi connectivity index (χ3n) is 1.71. The van der Waals surface area contributed by atoms with Gasteiger partial charge in [-0.15, -0.1) is 0 Å². The average molecular weight is 161 g/mol. The molecule has 0 N–H and O–H groups in total. The summed E-state index contributed by atoms with van der Waals surface area (Å²) >= 11 is 0. The second-order valence-electron chi connectivity index (χ2n) is 2.65. The zero-order chi connectivity index (χ0) is 8.97. The van der Waals surface area contributed by atoms with Crippen LogP contribution in [-0.4, -0.2) is 7.11 Å². The first-order valence-corrected chi connectivity index (χ1v) is 3.78. The van der Waals surface area contributed by atoms with Gasteiger partial charge in [0.1, 0.15) is 5.75 Å². The molecule has 0 amide bonds. The number of ether oxygens (including phenoxy) is 1. The van der Waals surface area contributed by atoms with Gasteiger partial charge in [0.15, 0.2) is 0 Å². The lowest BCUT2D eigenvalue weighted by Gasteiger charge is -2.05. The average Bonchev–Trinajstić information content (AvgIpc) is 2.05. The van der Waals surface area contributed by atoms with Gasteiger partial charge in [0.25, 0.3) is 0 Å². The van der Waals surface area contributed by atoms with Gasteiger partial charge in [-0.25, -0.2) is 0 Å². The molecule has 0 radical (unpaired) electrons. The molecule has 0 spiro atoms. The summed E-state index contributed by atoms with van der Waals surface area (Å²) in [5.74, 6) is 0.794. The van der Waals surface area contributed by atoms with E-state index in [1.165, 1.54) is 0 Å². The van der Waals surface area contributed by atoms with Crippen LogP contribution in [0.2, 0.25) is 0 Å². The number of hydrogen-bond donors (Lipinski definition) is 0. The topological polar surface area (TPSA) is 33.0 Å². The van der Waals surface area contributed by atoms with Crippen molar-refractivity contribution >= 4 is 0 Å². The Kier molecular flexibility index (Phi) is 2.71. The molecule has 12 heavy (non-hydrogen) atoms. The summed E-state index contributed by atoms with van der Waals surface area (Å²) in [6.07, 6.45) is 0.408. The van der Waals surface area contributed by atoms with Crippen molar-refractivity contribution in [3.8, 4) is 11.8 Å². The standard InChI is InChI=1S/C10H11NO/c1-8-3-4-10(12-2)9(7-8)5-6-11/h3-4,7H,5H2,1-2H3. The molecular weight excluding hydrogens is 150 g/mol. The Morgan fingerprint density at radius 1 is 1.50 bits per heavy atom. The Balaban J connectivity index is 3.05. The maximum Gasteiger partial charge on any atom is 0.123 e. The lowest BCUT2D eigenvalue weighted by Crippen LogP contribution is -1.91. The van der Waals surface area contributed by atoms with Gasteiger partial charge in [0, 0.05) is 5.56 Å². The molecule has 1 rings (SSSR count). The smallest absolute Gasteiger partial charge is 0.123 e. The van der Waals surface area contributed by atoms with Gasteiger partial charge in [0.2, 0.25) is 0 Å². The predicted molar refractivity (Wildman–Crippen MR) is 47.0 cm³/mol. The third-order valence-corrected chi connectivity index (χ3v) is 1.71. The molecule has 0 aliphatic rings. The van der Waals surface area contributed by atoms with Crippen molar-refractivity contribution < 1.29 is 4.74 Å². The minimum atomic E-state index is 0.408. The summed E-state index contributed by atoms with van der Waals surface area (Å²) in [6.45, 7) is 2.00. The fourth-order valence-electron chi connectivity index (χ4n) is 1.13. The summed E-state index contributed by atoms with van der Waals surface area (Å²) < 4.78 is 5.10. The Hall–Kier alpha value is -1.49. The number of hydrogen-bond acceptors (Lipinski definition) is 2. The molecule has 0 fully saturated rings. The van der Waals surface area contributed by atoms with Crippen molar-refractivity contribution in [3.05, 3.63) is 29.3 Å². The van der Waals surface area contributed by atoms with E-state index in [2.05, 4.69) is 6.07 Å². The van der Waals surface area contributed by atoms with Crippen molar-refractivity contribution in [2.24, 2.45) is 0 Å². The Morgan fingerprint density at radius 3 is 2.83 bits per heavy atom. The lowest BCUT2D eigenvalue weighted by atomic mass is 10.1. The quantitative estimate of drug-likeness (QED) is 0.665. The van der Waals surface area contributed by atoms with Crippen LogP contribution in [0.3, 0.4) is 0 Å². The summed E-state index contributed by atoms with van der Waals surface area (Å²) in [5.41, 5.74) is 2.11. The second kappa shape index (κ2) is 3.77.